The van der Waals surface area contributed by atoms with Crippen molar-refractivity contribution in [1.82, 2.24) is 0 Å². The molecule has 0 fully saturated rings. The first-order valence-electron chi connectivity index (χ1n) is 9.38. The highest BCUT2D eigenvalue weighted by molar-refractivity contribution is 5.87. The first kappa shape index (κ1) is 23.9. The second-order valence-corrected chi connectivity index (χ2v) is 10.9. The van der Waals surface area contributed by atoms with Crippen LogP contribution in [-0.4, -0.2) is 22.2 Å². The molecule has 0 rings (SSSR count). The third-order valence-corrected chi connectivity index (χ3v) is 5.03. The van der Waals surface area contributed by atoms with Crippen molar-refractivity contribution in [1.29, 1.82) is 0 Å². The van der Waals surface area contributed by atoms with E-state index in [4.69, 9.17) is 0 Å². The van der Waals surface area contributed by atoms with Crippen LogP contribution in [0.15, 0.2) is 0 Å². The molecule has 0 spiro atoms. The van der Waals surface area contributed by atoms with Crippen LogP contribution in [0.2, 0.25) is 0 Å². The van der Waals surface area contributed by atoms with Crippen LogP contribution in [0.3, 0.4) is 0 Å². The van der Waals surface area contributed by atoms with Gasteiger partial charge in [0.05, 0.1) is 10.8 Å². The van der Waals surface area contributed by atoms with Crippen LogP contribution in [0.5, 0.6) is 0 Å². The molecule has 0 aromatic rings. The van der Waals surface area contributed by atoms with Gasteiger partial charge in [0.15, 0.2) is 0 Å². The Morgan fingerprint density at radius 1 is 0.760 bits per heavy atom. The molecule has 0 aromatic heterocycles. The first-order valence-corrected chi connectivity index (χ1v) is 9.38. The Labute approximate surface area is 154 Å². The molecule has 0 saturated carbocycles. The predicted octanol–water partition coefficient (Wildman–Crippen LogP) is 5.70. The van der Waals surface area contributed by atoms with Crippen LogP contribution in [0.1, 0.15) is 88.5 Å². The van der Waals surface area contributed by atoms with Gasteiger partial charge in [-0.25, -0.2) is 0 Å². The zero-order chi connectivity index (χ0) is 20.4. The molecule has 148 valence electrons. The maximum Gasteiger partial charge on any atom is 0.311 e. The molecule has 2 unspecified atom stereocenters. The third-order valence-electron chi connectivity index (χ3n) is 5.03. The van der Waals surface area contributed by atoms with Gasteiger partial charge in [-0.1, -0.05) is 69.2 Å². The lowest BCUT2D eigenvalue weighted by atomic mass is 9.48. The number of hydrogen-bond acceptors (Lipinski definition) is 2. The Balaban J connectivity index is 6.90. The number of carboxylic acids is 2. The highest BCUT2D eigenvalue weighted by Crippen LogP contribution is 2.59. The molecule has 25 heavy (non-hydrogen) atoms. The maximum atomic E-state index is 12.7. The van der Waals surface area contributed by atoms with E-state index in [0.29, 0.717) is 19.3 Å². The van der Waals surface area contributed by atoms with Crippen molar-refractivity contribution in [3.8, 4) is 0 Å². The van der Waals surface area contributed by atoms with Gasteiger partial charge in [-0.05, 0) is 41.9 Å². The van der Waals surface area contributed by atoms with Gasteiger partial charge in [0.25, 0.3) is 0 Å². The van der Waals surface area contributed by atoms with Gasteiger partial charge in [0, 0.05) is 0 Å². The monoisotopic (exact) mass is 356 g/mol. The van der Waals surface area contributed by atoms with E-state index in [2.05, 4.69) is 0 Å². The number of aliphatic carboxylic acids is 2. The Morgan fingerprint density at radius 3 is 1.36 bits per heavy atom. The molecule has 0 heterocycles. The average Bonchev–Trinajstić information content (AvgIpc) is 2.30. The molecule has 2 N–H and O–H groups in total. The smallest absolute Gasteiger partial charge is 0.311 e. The summed E-state index contributed by atoms with van der Waals surface area (Å²) in [7, 11) is 0. The van der Waals surface area contributed by atoms with Crippen molar-refractivity contribution in [2.24, 2.45) is 33.5 Å². The van der Waals surface area contributed by atoms with Crippen LogP contribution in [0.25, 0.3) is 0 Å². The van der Waals surface area contributed by atoms with Gasteiger partial charge in [-0.15, -0.1) is 0 Å². The standard InChI is InChI=1S/C21H40O4/c1-14(2)11-20(16(22)23,12-18(5,6)7)21(15(3)4,17(24)25)13-19(8,9)10/h14-15H,11-13H2,1-10H3,(H,22,23)(H,24,25). The highest BCUT2D eigenvalue weighted by Gasteiger charge is 2.64. The molecule has 0 aliphatic carbocycles. The van der Waals surface area contributed by atoms with Gasteiger partial charge in [0.2, 0.25) is 0 Å². The van der Waals surface area contributed by atoms with E-state index in [1.54, 1.807) is 0 Å². The van der Waals surface area contributed by atoms with Crippen molar-refractivity contribution >= 4 is 11.9 Å². The lowest BCUT2D eigenvalue weighted by Crippen LogP contribution is -2.58. The normalized spacial score (nSPS) is 18.1. The summed E-state index contributed by atoms with van der Waals surface area (Å²) in [5, 5.41) is 20.8. The summed E-state index contributed by atoms with van der Waals surface area (Å²) < 4.78 is 0. The van der Waals surface area contributed by atoms with Crippen LogP contribution >= 0.6 is 0 Å². The molecule has 0 amide bonds. The van der Waals surface area contributed by atoms with Gasteiger partial charge in [-0.3, -0.25) is 9.59 Å². The minimum atomic E-state index is -1.32. The van der Waals surface area contributed by atoms with Crippen molar-refractivity contribution in [2.45, 2.75) is 88.5 Å². The molecule has 4 nitrogen and oxygen atoms in total. The fourth-order valence-electron chi connectivity index (χ4n) is 4.66. The summed E-state index contributed by atoms with van der Waals surface area (Å²) in [5.41, 5.74) is -3.22. The summed E-state index contributed by atoms with van der Waals surface area (Å²) in [6.45, 7) is 19.6. The zero-order valence-corrected chi connectivity index (χ0v) is 18.0. The van der Waals surface area contributed by atoms with Gasteiger partial charge >= 0.3 is 11.9 Å². The van der Waals surface area contributed by atoms with E-state index in [0.717, 1.165) is 0 Å². The fourth-order valence-corrected chi connectivity index (χ4v) is 4.66. The quantitative estimate of drug-likeness (QED) is 0.584. The number of carbonyl (C=O) groups is 2. The van der Waals surface area contributed by atoms with Crippen molar-refractivity contribution in [3.05, 3.63) is 0 Å². The van der Waals surface area contributed by atoms with Crippen LogP contribution < -0.4 is 0 Å². The largest absolute Gasteiger partial charge is 0.481 e. The van der Waals surface area contributed by atoms with Gasteiger partial charge in [0.1, 0.15) is 0 Å². The minimum absolute atomic E-state index is 0.0934. The number of hydrogen-bond donors (Lipinski definition) is 2. The molecule has 0 saturated heterocycles. The number of rotatable bonds is 8. The van der Waals surface area contributed by atoms with E-state index in [9.17, 15) is 19.8 Å². The molecule has 4 heteroatoms. The van der Waals surface area contributed by atoms with E-state index in [1.807, 2.05) is 69.2 Å². The molecule has 0 radical (unpaired) electrons. The third kappa shape index (κ3) is 5.46. The molecule has 2 atom stereocenters. The SMILES string of the molecule is CC(C)CC(CC(C)(C)C)(C(=O)O)C(CC(C)(C)C)(C(=O)O)C(C)C. The van der Waals surface area contributed by atoms with E-state index in [1.165, 1.54) is 0 Å². The summed E-state index contributed by atoms with van der Waals surface area (Å²) in [4.78, 5) is 25.4. The van der Waals surface area contributed by atoms with E-state index in [-0.39, 0.29) is 22.7 Å². The Bertz CT molecular complexity index is 479. The Kier molecular flexibility index (Phi) is 7.35. The summed E-state index contributed by atoms with van der Waals surface area (Å²) >= 11 is 0. The molecule has 0 bridgehead atoms. The second-order valence-electron chi connectivity index (χ2n) is 10.9. The summed E-state index contributed by atoms with van der Waals surface area (Å²) in [6, 6.07) is 0. The predicted molar refractivity (Wildman–Crippen MR) is 103 cm³/mol. The second kappa shape index (κ2) is 7.67. The van der Waals surface area contributed by atoms with Crippen molar-refractivity contribution in [2.75, 3.05) is 0 Å². The van der Waals surface area contributed by atoms with Crippen LogP contribution in [0.4, 0.5) is 0 Å². The Morgan fingerprint density at radius 2 is 1.16 bits per heavy atom. The first-order chi connectivity index (χ1) is 10.9. The Hall–Kier alpha value is -1.06. The lowest BCUT2D eigenvalue weighted by Gasteiger charge is -2.53. The molecule has 0 aliphatic rings. The van der Waals surface area contributed by atoms with Crippen LogP contribution in [0, 0.1) is 33.5 Å². The molecule has 0 aromatic carbocycles. The van der Waals surface area contributed by atoms with Gasteiger partial charge < -0.3 is 10.2 Å². The molecular formula is C21H40O4. The summed E-state index contributed by atoms with van der Waals surface area (Å²) in [5.74, 6) is -2.15. The van der Waals surface area contributed by atoms with Crippen molar-refractivity contribution < 1.29 is 19.8 Å². The fraction of sp³-hybridized carbons (Fsp3) is 0.905. The summed E-state index contributed by atoms with van der Waals surface area (Å²) in [6.07, 6.45) is 1.04. The molecule has 0 aliphatic heterocycles. The van der Waals surface area contributed by atoms with Gasteiger partial charge in [-0.2, -0.15) is 0 Å². The van der Waals surface area contributed by atoms with Crippen LogP contribution in [-0.2, 0) is 9.59 Å². The van der Waals surface area contributed by atoms with E-state index < -0.39 is 22.8 Å². The minimum Gasteiger partial charge on any atom is -0.481 e. The highest BCUT2D eigenvalue weighted by atomic mass is 16.4. The average molecular weight is 357 g/mol. The zero-order valence-electron chi connectivity index (χ0n) is 18.0. The lowest BCUT2D eigenvalue weighted by molar-refractivity contribution is -0.190. The molecular weight excluding hydrogens is 316 g/mol. The number of carboxylic acid groups (broad SMARTS) is 2. The van der Waals surface area contributed by atoms with E-state index >= 15 is 0 Å². The maximum absolute atomic E-state index is 12.7. The topological polar surface area (TPSA) is 74.6 Å². The van der Waals surface area contributed by atoms with Crippen molar-refractivity contribution in [3.63, 3.8) is 0 Å².